The normalized spacial score (nSPS) is 15.5. The van der Waals surface area contributed by atoms with Crippen LogP contribution in [0.15, 0.2) is 0 Å². The third-order valence-corrected chi connectivity index (χ3v) is 1.13. The molecule has 2 nitrogen and oxygen atoms in total. The van der Waals surface area contributed by atoms with E-state index in [1.165, 1.54) is 0 Å². The van der Waals surface area contributed by atoms with Gasteiger partial charge in [0, 0.05) is 0 Å². The molecule has 0 saturated heterocycles. The third-order valence-electron chi connectivity index (χ3n) is 1.13. The Morgan fingerprint density at radius 3 is 1.62 bits per heavy atom. The molecule has 0 aromatic rings. The topological polar surface area (TPSA) is 37.3 Å². The molecule has 0 aliphatic carbocycles. The first-order valence-corrected chi connectivity index (χ1v) is 2.90. The van der Waals surface area contributed by atoms with Crippen LogP contribution in [0.3, 0.4) is 0 Å². The van der Waals surface area contributed by atoms with Crippen LogP contribution in [-0.2, 0) is 4.79 Å². The molecule has 78 valence electrons. The molecule has 0 fully saturated rings. The Morgan fingerprint density at radius 2 is 1.54 bits per heavy atom. The monoisotopic (exact) mass is 210 g/mol. The van der Waals surface area contributed by atoms with Crippen LogP contribution < -0.4 is 0 Å². The van der Waals surface area contributed by atoms with Crippen molar-refractivity contribution >= 4 is 5.97 Å². The molecule has 0 amide bonds. The van der Waals surface area contributed by atoms with Gasteiger partial charge < -0.3 is 5.11 Å². The Bertz CT molecular complexity index is 192. The lowest BCUT2D eigenvalue weighted by Gasteiger charge is -2.17. The van der Waals surface area contributed by atoms with E-state index in [2.05, 4.69) is 0 Å². The maximum atomic E-state index is 11.6. The Balaban J connectivity index is 4.56. The lowest BCUT2D eigenvalue weighted by atomic mass is 10.1. The van der Waals surface area contributed by atoms with Crippen molar-refractivity contribution in [1.29, 1.82) is 0 Å². The average molecular weight is 210 g/mol. The van der Waals surface area contributed by atoms with E-state index in [9.17, 15) is 31.1 Å². The van der Waals surface area contributed by atoms with Gasteiger partial charge in [-0.1, -0.05) is 0 Å². The summed E-state index contributed by atoms with van der Waals surface area (Å²) >= 11 is 0. The molecule has 0 aliphatic heterocycles. The predicted molar refractivity (Wildman–Crippen MR) is 27.9 cm³/mol. The van der Waals surface area contributed by atoms with Crippen molar-refractivity contribution in [1.82, 2.24) is 0 Å². The molecular weight excluding hydrogens is 206 g/mol. The van der Waals surface area contributed by atoms with Gasteiger partial charge in [0.15, 0.2) is 5.92 Å². The van der Waals surface area contributed by atoms with Gasteiger partial charge in [-0.3, -0.25) is 4.79 Å². The lowest BCUT2D eigenvalue weighted by molar-refractivity contribution is -0.225. The van der Waals surface area contributed by atoms with E-state index in [1.807, 2.05) is 0 Å². The molecule has 0 bridgehead atoms. The summed E-state index contributed by atoms with van der Waals surface area (Å²) in [6.45, 7) is 0. The predicted octanol–water partition coefficient (Wildman–Crippen LogP) is 2.20. The Morgan fingerprint density at radius 1 is 1.15 bits per heavy atom. The molecule has 0 rings (SSSR count). The van der Waals surface area contributed by atoms with Gasteiger partial charge >= 0.3 is 18.3 Å². The van der Waals surface area contributed by atoms with Crippen molar-refractivity contribution in [2.24, 2.45) is 5.92 Å². The van der Waals surface area contributed by atoms with Crippen LogP contribution in [0.2, 0.25) is 0 Å². The largest absolute Gasteiger partial charge is 0.481 e. The maximum Gasteiger partial charge on any atom is 0.402 e. The molecule has 0 aromatic carbocycles. The molecule has 0 saturated carbocycles. The van der Waals surface area contributed by atoms with Crippen LogP contribution in [0.5, 0.6) is 0 Å². The highest BCUT2D eigenvalue weighted by Gasteiger charge is 2.50. The minimum Gasteiger partial charge on any atom is -0.481 e. The summed E-state index contributed by atoms with van der Waals surface area (Å²) in [6.07, 6.45) is -12.9. The number of hydrogen-bond donors (Lipinski definition) is 1. The Labute approximate surface area is 68.1 Å². The summed E-state index contributed by atoms with van der Waals surface area (Å²) in [5, 5.41) is 7.85. The van der Waals surface area contributed by atoms with Crippen LogP contribution in [0.1, 0.15) is 6.42 Å². The second-order valence-corrected chi connectivity index (χ2v) is 2.25. The molecule has 1 atom stereocenters. The molecule has 1 unspecified atom stereocenters. The van der Waals surface area contributed by atoms with Gasteiger partial charge in [-0.05, 0) is 0 Å². The summed E-state index contributed by atoms with van der Waals surface area (Å²) in [5.41, 5.74) is 0. The zero-order valence-corrected chi connectivity index (χ0v) is 5.91. The van der Waals surface area contributed by atoms with E-state index in [4.69, 9.17) is 5.11 Å². The van der Waals surface area contributed by atoms with Gasteiger partial charge in [0.2, 0.25) is 0 Å². The fourth-order valence-electron chi connectivity index (χ4n) is 0.575. The molecule has 0 radical (unpaired) electrons. The third kappa shape index (κ3) is 4.58. The van der Waals surface area contributed by atoms with E-state index in [1.54, 1.807) is 0 Å². The Kier molecular flexibility index (Phi) is 3.18. The van der Waals surface area contributed by atoms with Crippen LogP contribution in [0.4, 0.5) is 26.3 Å². The number of carboxylic acid groups (broad SMARTS) is 1. The fraction of sp³-hybridized carbons (Fsp3) is 0.800. The zero-order chi connectivity index (χ0) is 10.9. The number of hydrogen-bond acceptors (Lipinski definition) is 1. The standard InChI is InChI=1S/C5H4F6O2/c6-4(7,8)1-2(3(12)13)5(9,10)11/h2H,1H2,(H,12,13). The highest BCUT2D eigenvalue weighted by atomic mass is 19.4. The SMILES string of the molecule is O=C(O)C(CC(F)(F)F)C(F)(F)F. The minimum atomic E-state index is -5.37. The molecule has 13 heavy (non-hydrogen) atoms. The molecule has 1 N–H and O–H groups in total. The Hall–Kier alpha value is -0.950. The van der Waals surface area contributed by atoms with Crippen LogP contribution in [-0.4, -0.2) is 23.4 Å². The summed E-state index contributed by atoms with van der Waals surface area (Å²) in [5.74, 6) is -5.91. The maximum absolute atomic E-state index is 11.6. The van der Waals surface area contributed by atoms with Crippen molar-refractivity contribution in [2.75, 3.05) is 0 Å². The molecule has 0 aliphatic rings. The van der Waals surface area contributed by atoms with Gasteiger partial charge in [-0.2, -0.15) is 26.3 Å². The molecule has 8 heteroatoms. The minimum absolute atomic E-state index is 2.40. The van der Waals surface area contributed by atoms with E-state index in [0.29, 0.717) is 0 Å². The average Bonchev–Trinajstić information content (AvgIpc) is 1.77. The number of halogens is 6. The second kappa shape index (κ2) is 3.43. The summed E-state index contributed by atoms with van der Waals surface area (Å²) in [6, 6.07) is 0. The van der Waals surface area contributed by atoms with E-state index >= 15 is 0 Å². The first-order valence-electron chi connectivity index (χ1n) is 2.90. The van der Waals surface area contributed by atoms with Crippen molar-refractivity contribution < 1.29 is 36.2 Å². The van der Waals surface area contributed by atoms with Crippen molar-refractivity contribution in [3.05, 3.63) is 0 Å². The van der Waals surface area contributed by atoms with Crippen molar-refractivity contribution in [3.8, 4) is 0 Å². The smallest absolute Gasteiger partial charge is 0.402 e. The molecule has 0 spiro atoms. The first-order chi connectivity index (χ1) is 5.54. The fourth-order valence-corrected chi connectivity index (χ4v) is 0.575. The number of carboxylic acids is 1. The number of carbonyl (C=O) groups is 1. The van der Waals surface area contributed by atoms with Gasteiger partial charge in [0.25, 0.3) is 0 Å². The van der Waals surface area contributed by atoms with E-state index in [0.717, 1.165) is 0 Å². The molecular formula is C5H4F6O2. The molecule has 0 aromatic heterocycles. The van der Waals surface area contributed by atoms with Gasteiger partial charge in [-0.15, -0.1) is 0 Å². The second-order valence-electron chi connectivity index (χ2n) is 2.25. The zero-order valence-electron chi connectivity index (χ0n) is 5.91. The van der Waals surface area contributed by atoms with Crippen molar-refractivity contribution in [3.63, 3.8) is 0 Å². The van der Waals surface area contributed by atoms with Crippen LogP contribution in [0, 0.1) is 5.92 Å². The number of aliphatic carboxylic acids is 1. The van der Waals surface area contributed by atoms with Gasteiger partial charge in [0.1, 0.15) is 0 Å². The van der Waals surface area contributed by atoms with Gasteiger partial charge in [0.05, 0.1) is 6.42 Å². The number of alkyl halides is 6. The van der Waals surface area contributed by atoms with Crippen molar-refractivity contribution in [2.45, 2.75) is 18.8 Å². The van der Waals surface area contributed by atoms with Crippen LogP contribution >= 0.6 is 0 Å². The highest BCUT2D eigenvalue weighted by molar-refractivity contribution is 5.70. The lowest BCUT2D eigenvalue weighted by Crippen LogP contribution is -2.34. The summed E-state index contributed by atoms with van der Waals surface area (Å²) < 4.78 is 69.2. The van der Waals surface area contributed by atoms with E-state index in [-0.39, 0.29) is 0 Å². The summed E-state index contributed by atoms with van der Waals surface area (Å²) in [7, 11) is 0. The first kappa shape index (κ1) is 12.0. The van der Waals surface area contributed by atoms with Gasteiger partial charge in [-0.25, -0.2) is 0 Å². The van der Waals surface area contributed by atoms with E-state index < -0.39 is 30.7 Å². The number of rotatable bonds is 2. The highest BCUT2D eigenvalue weighted by Crippen LogP contribution is 2.35. The van der Waals surface area contributed by atoms with Crippen LogP contribution in [0.25, 0.3) is 0 Å². The molecule has 0 heterocycles. The quantitative estimate of drug-likeness (QED) is 0.709. The summed E-state index contributed by atoms with van der Waals surface area (Å²) in [4.78, 5) is 9.80.